The summed E-state index contributed by atoms with van der Waals surface area (Å²) >= 11 is 0. The summed E-state index contributed by atoms with van der Waals surface area (Å²) in [5.74, 6) is -0.611. The molecule has 0 heterocycles. The molecule has 0 aliphatic heterocycles. The zero-order chi connectivity index (χ0) is 4.57. The first-order valence-corrected chi connectivity index (χ1v) is 2.03. The molecule has 3 heteroatoms. The van der Waals surface area contributed by atoms with Crippen molar-refractivity contribution in [3.63, 3.8) is 0 Å². The fraction of sp³-hybridized carbons (Fsp3) is 0.750. The van der Waals surface area contributed by atoms with Crippen molar-refractivity contribution in [2.75, 3.05) is 0 Å². The normalized spacial score (nSPS) is 17.7. The summed E-state index contributed by atoms with van der Waals surface area (Å²) in [6, 6.07) is 0. The Kier molecular flexibility index (Phi) is 2.42. The Morgan fingerprint density at radius 1 is 1.57 bits per heavy atom. The van der Waals surface area contributed by atoms with Gasteiger partial charge in [0, 0.05) is 18.9 Å². The van der Waals surface area contributed by atoms with E-state index in [2.05, 4.69) is 0 Å². The van der Waals surface area contributed by atoms with Crippen molar-refractivity contribution in [3.05, 3.63) is 0 Å². The van der Waals surface area contributed by atoms with Crippen LogP contribution in [0.5, 0.6) is 0 Å². The van der Waals surface area contributed by atoms with Crippen LogP contribution in [0.3, 0.4) is 0 Å². The number of hydrogen-bond donors (Lipinski definition) is 1. The van der Waals surface area contributed by atoms with E-state index >= 15 is 0 Å². The van der Waals surface area contributed by atoms with Crippen LogP contribution in [-0.4, -0.2) is 29.9 Å². The Hall–Kier alpha value is 0.0674. The molecule has 0 atom stereocenters. The summed E-state index contributed by atoms with van der Waals surface area (Å²) < 4.78 is 0. The van der Waals surface area contributed by atoms with Gasteiger partial charge in [-0.05, 0) is 12.8 Å². The van der Waals surface area contributed by atoms with E-state index in [-0.39, 0.29) is 24.8 Å². The van der Waals surface area contributed by atoms with E-state index in [0.717, 1.165) is 12.8 Å². The summed E-state index contributed by atoms with van der Waals surface area (Å²) in [5.41, 5.74) is 0. The fourth-order valence-electron chi connectivity index (χ4n) is 0.330. The Labute approximate surface area is 54.1 Å². The van der Waals surface area contributed by atoms with Crippen LogP contribution in [0.2, 0.25) is 0 Å². The van der Waals surface area contributed by atoms with Gasteiger partial charge in [0.2, 0.25) is 0 Å². The number of carbonyl (C=O) groups is 1. The molecule has 1 saturated carbocycles. The average molecular weight is 93.0 g/mol. The number of hydrogen-bond acceptors (Lipinski definition) is 1. The maximum Gasteiger partial charge on any atom is 0.306 e. The molecule has 0 saturated heterocycles. The molecule has 1 aliphatic carbocycles. The largest absolute Gasteiger partial charge is 0.481 e. The van der Waals surface area contributed by atoms with Gasteiger partial charge >= 0.3 is 5.97 Å². The minimum Gasteiger partial charge on any atom is -0.481 e. The number of aliphatic carboxylic acids is 1. The zero-order valence-electron chi connectivity index (χ0n) is 4.35. The first kappa shape index (κ1) is 7.07. The van der Waals surface area contributed by atoms with E-state index < -0.39 is 5.97 Å². The van der Waals surface area contributed by atoms with Crippen molar-refractivity contribution < 1.29 is 9.90 Å². The molecule has 1 aliphatic rings. The van der Waals surface area contributed by atoms with Crippen LogP contribution in [0.15, 0.2) is 0 Å². The van der Waals surface area contributed by atoms with Crippen LogP contribution in [-0.2, 0) is 4.79 Å². The summed E-state index contributed by atoms with van der Waals surface area (Å²) in [7, 11) is 0. The standard InChI is InChI=1S/C4H6O2.Li/c5-4(6)3-1-2-3;/h3H,1-2H2,(H,5,6);. The van der Waals surface area contributed by atoms with E-state index in [9.17, 15) is 4.79 Å². The third-order valence-corrected chi connectivity index (χ3v) is 0.927. The van der Waals surface area contributed by atoms with Crippen molar-refractivity contribution in [2.45, 2.75) is 12.8 Å². The molecule has 0 amide bonds. The molecule has 0 bridgehead atoms. The number of rotatable bonds is 1. The molecule has 0 aromatic carbocycles. The summed E-state index contributed by atoms with van der Waals surface area (Å²) in [6.45, 7) is 0. The maximum absolute atomic E-state index is 9.76. The molecule has 1 radical (unpaired) electrons. The third kappa shape index (κ3) is 2.01. The first-order chi connectivity index (χ1) is 2.80. The molecule has 35 valence electrons. The predicted molar refractivity (Wildman–Crippen MR) is 26.1 cm³/mol. The van der Waals surface area contributed by atoms with Gasteiger partial charge in [-0.15, -0.1) is 0 Å². The van der Waals surface area contributed by atoms with Crippen molar-refractivity contribution in [1.29, 1.82) is 0 Å². The Balaban J connectivity index is 0.000000360. The Morgan fingerprint density at radius 2 is 2.00 bits per heavy atom. The second-order valence-electron chi connectivity index (χ2n) is 1.61. The number of carboxylic acid groups (broad SMARTS) is 1. The van der Waals surface area contributed by atoms with Gasteiger partial charge in [0.05, 0.1) is 5.92 Å². The SMILES string of the molecule is O=C(O)C1CC1.[Li]. The second-order valence-corrected chi connectivity index (χ2v) is 1.61. The average Bonchev–Trinajstić information content (AvgIpc) is 2.06. The molecule has 2 nitrogen and oxygen atoms in total. The van der Waals surface area contributed by atoms with E-state index in [4.69, 9.17) is 5.11 Å². The van der Waals surface area contributed by atoms with Crippen molar-refractivity contribution in [3.8, 4) is 0 Å². The van der Waals surface area contributed by atoms with Crippen molar-refractivity contribution in [1.82, 2.24) is 0 Å². The number of carboxylic acids is 1. The summed E-state index contributed by atoms with van der Waals surface area (Å²) in [4.78, 5) is 9.76. The van der Waals surface area contributed by atoms with Gasteiger partial charge in [-0.1, -0.05) is 0 Å². The monoisotopic (exact) mass is 93.1 g/mol. The maximum atomic E-state index is 9.76. The molecule has 0 aromatic heterocycles. The molecule has 1 N–H and O–H groups in total. The van der Waals surface area contributed by atoms with Gasteiger partial charge in [-0.25, -0.2) is 0 Å². The fourth-order valence-corrected chi connectivity index (χ4v) is 0.330. The van der Waals surface area contributed by atoms with Crippen molar-refractivity contribution in [2.24, 2.45) is 5.92 Å². The van der Waals surface area contributed by atoms with Gasteiger partial charge in [-0.2, -0.15) is 0 Å². The summed E-state index contributed by atoms with van der Waals surface area (Å²) in [5, 5.41) is 8.05. The zero-order valence-corrected chi connectivity index (χ0v) is 4.35. The van der Waals surface area contributed by atoms with Crippen LogP contribution in [0.4, 0.5) is 0 Å². The van der Waals surface area contributed by atoms with Crippen LogP contribution in [0, 0.1) is 5.92 Å². The molecule has 0 aromatic rings. The van der Waals surface area contributed by atoms with E-state index in [1.165, 1.54) is 0 Å². The van der Waals surface area contributed by atoms with Crippen LogP contribution in [0.25, 0.3) is 0 Å². The summed E-state index contributed by atoms with van der Waals surface area (Å²) in [6.07, 6.45) is 1.80. The molecule has 7 heavy (non-hydrogen) atoms. The second kappa shape index (κ2) is 2.39. The molecule has 1 rings (SSSR count). The van der Waals surface area contributed by atoms with Crippen LogP contribution >= 0.6 is 0 Å². The third-order valence-electron chi connectivity index (χ3n) is 0.927. The Morgan fingerprint density at radius 3 is 2.00 bits per heavy atom. The van der Waals surface area contributed by atoms with Crippen LogP contribution < -0.4 is 0 Å². The smallest absolute Gasteiger partial charge is 0.306 e. The minimum absolute atomic E-state index is 0. The predicted octanol–water partition coefficient (Wildman–Crippen LogP) is 0.100. The topological polar surface area (TPSA) is 37.3 Å². The van der Waals surface area contributed by atoms with E-state index in [0.29, 0.717) is 0 Å². The van der Waals surface area contributed by atoms with Gasteiger partial charge in [0.15, 0.2) is 0 Å². The van der Waals surface area contributed by atoms with Gasteiger partial charge < -0.3 is 5.11 Å². The first-order valence-electron chi connectivity index (χ1n) is 2.03. The van der Waals surface area contributed by atoms with Gasteiger partial charge in [0.1, 0.15) is 0 Å². The molecular weight excluding hydrogens is 87.0 g/mol. The molecule has 0 unspecified atom stereocenters. The van der Waals surface area contributed by atoms with Gasteiger partial charge in [-0.3, -0.25) is 4.79 Å². The van der Waals surface area contributed by atoms with Crippen molar-refractivity contribution >= 4 is 24.8 Å². The van der Waals surface area contributed by atoms with E-state index in [1.54, 1.807) is 0 Å². The molecule has 0 spiro atoms. The molecular formula is C4H6LiO2. The molecule has 1 fully saturated rings. The van der Waals surface area contributed by atoms with E-state index in [1.807, 2.05) is 0 Å². The van der Waals surface area contributed by atoms with Crippen LogP contribution in [0.1, 0.15) is 12.8 Å². The minimum atomic E-state index is -0.630. The van der Waals surface area contributed by atoms with Gasteiger partial charge in [0.25, 0.3) is 0 Å². The quantitative estimate of drug-likeness (QED) is 0.467. The Bertz CT molecular complexity index is 77.8.